The predicted octanol–water partition coefficient (Wildman–Crippen LogP) is 1.25. The van der Waals surface area contributed by atoms with E-state index in [1.807, 2.05) is 0 Å². The van der Waals surface area contributed by atoms with E-state index in [-0.39, 0.29) is 4.90 Å². The Morgan fingerprint density at radius 1 is 1.38 bits per heavy atom. The lowest BCUT2D eigenvalue weighted by atomic mass is 10.4. The Balaban J connectivity index is 3.32. The van der Waals surface area contributed by atoms with Crippen molar-refractivity contribution in [2.75, 3.05) is 0 Å². The summed E-state index contributed by atoms with van der Waals surface area (Å²) in [6.07, 6.45) is 0. The summed E-state index contributed by atoms with van der Waals surface area (Å²) in [5, 5.41) is 0.322. The van der Waals surface area contributed by atoms with Gasteiger partial charge in [-0.05, 0) is 18.2 Å². The van der Waals surface area contributed by atoms with Gasteiger partial charge >= 0.3 is 0 Å². The van der Waals surface area contributed by atoms with E-state index >= 15 is 0 Å². The average molecular weight is 286 g/mol. The van der Waals surface area contributed by atoms with E-state index in [9.17, 15) is 8.42 Å². The highest BCUT2D eigenvalue weighted by Gasteiger charge is 2.12. The molecule has 0 heterocycles. The quantitative estimate of drug-likeness (QED) is 0.634. The fourth-order valence-electron chi connectivity index (χ4n) is 0.752. The fourth-order valence-corrected chi connectivity index (χ4v) is 2.53. The van der Waals surface area contributed by atoms with E-state index in [4.69, 9.17) is 17.4 Å². The molecule has 0 radical (unpaired) electrons. The third kappa shape index (κ3) is 2.65. The summed E-state index contributed by atoms with van der Waals surface area (Å²) >= 11 is 8.77. The Bertz CT molecular complexity index is 400. The zero-order valence-electron chi connectivity index (χ0n) is 6.29. The third-order valence-corrected chi connectivity index (χ3v) is 3.14. The van der Waals surface area contributed by atoms with Crippen LogP contribution in [0.15, 0.2) is 27.6 Å². The molecule has 0 aliphatic carbocycles. The lowest BCUT2D eigenvalue weighted by molar-refractivity contribution is 0.584. The van der Waals surface area contributed by atoms with E-state index < -0.39 is 10.0 Å². The first-order valence-corrected chi connectivity index (χ1v) is 5.79. The van der Waals surface area contributed by atoms with Gasteiger partial charge in [0.15, 0.2) is 0 Å². The van der Waals surface area contributed by atoms with Crippen LogP contribution in [-0.4, -0.2) is 8.42 Å². The van der Waals surface area contributed by atoms with Crippen LogP contribution >= 0.6 is 27.5 Å². The number of hydrogen-bond acceptors (Lipinski definition) is 3. The molecule has 4 nitrogen and oxygen atoms in total. The molecule has 1 aromatic rings. The van der Waals surface area contributed by atoms with Crippen LogP contribution in [0.1, 0.15) is 0 Å². The first kappa shape index (κ1) is 10.9. The summed E-state index contributed by atoms with van der Waals surface area (Å²) in [5.74, 6) is 4.84. The highest BCUT2D eigenvalue weighted by Crippen LogP contribution is 2.22. The predicted molar refractivity (Wildman–Crippen MR) is 53.7 cm³/mol. The molecule has 1 aromatic carbocycles. The minimum absolute atomic E-state index is 0.0226. The van der Waals surface area contributed by atoms with Crippen molar-refractivity contribution in [3.8, 4) is 0 Å². The fraction of sp³-hybridized carbons (Fsp3) is 0. The summed E-state index contributed by atoms with van der Waals surface area (Å²) in [6, 6.07) is 4.29. The second-order valence-electron chi connectivity index (χ2n) is 2.23. The second kappa shape index (κ2) is 3.93. The van der Waals surface area contributed by atoms with Gasteiger partial charge in [0.2, 0.25) is 0 Å². The van der Waals surface area contributed by atoms with Gasteiger partial charge in [-0.2, -0.15) is 4.83 Å². The first-order valence-electron chi connectivity index (χ1n) is 3.14. The van der Waals surface area contributed by atoms with Crippen molar-refractivity contribution in [2.45, 2.75) is 4.90 Å². The van der Waals surface area contributed by atoms with Crippen LogP contribution in [0, 0.1) is 0 Å². The summed E-state index contributed by atoms with van der Waals surface area (Å²) in [7, 11) is -3.63. The van der Waals surface area contributed by atoms with Crippen molar-refractivity contribution in [1.29, 1.82) is 0 Å². The SMILES string of the molecule is NNS(=O)(=O)c1cc(Cl)cc(Br)c1. The highest BCUT2D eigenvalue weighted by molar-refractivity contribution is 9.10. The molecule has 0 fully saturated rings. The summed E-state index contributed by atoms with van der Waals surface area (Å²) in [5.41, 5.74) is 0. The van der Waals surface area contributed by atoms with Gasteiger partial charge in [-0.1, -0.05) is 27.5 Å². The Kier molecular flexibility index (Phi) is 3.31. The number of benzene rings is 1. The largest absolute Gasteiger partial charge is 0.257 e. The summed E-state index contributed by atoms with van der Waals surface area (Å²) < 4.78 is 23.0. The van der Waals surface area contributed by atoms with Crippen molar-refractivity contribution >= 4 is 37.6 Å². The molecule has 0 atom stereocenters. The zero-order valence-corrected chi connectivity index (χ0v) is 9.45. The Morgan fingerprint density at radius 3 is 2.46 bits per heavy atom. The third-order valence-electron chi connectivity index (χ3n) is 1.30. The minimum Gasteiger partial charge on any atom is -0.257 e. The molecular formula is C6H6BrClN2O2S. The van der Waals surface area contributed by atoms with Crippen molar-refractivity contribution in [1.82, 2.24) is 4.83 Å². The monoisotopic (exact) mass is 284 g/mol. The minimum atomic E-state index is -3.63. The molecule has 3 N–H and O–H groups in total. The molecule has 0 aromatic heterocycles. The van der Waals surface area contributed by atoms with Crippen molar-refractivity contribution in [3.05, 3.63) is 27.7 Å². The number of hydrazine groups is 1. The molecular weight excluding hydrogens is 280 g/mol. The molecule has 1 rings (SSSR count). The van der Waals surface area contributed by atoms with E-state index in [0.717, 1.165) is 0 Å². The van der Waals surface area contributed by atoms with E-state index in [1.165, 1.54) is 12.1 Å². The lowest BCUT2D eigenvalue weighted by Gasteiger charge is -2.02. The zero-order chi connectivity index (χ0) is 10.1. The number of hydrogen-bond donors (Lipinski definition) is 2. The molecule has 0 amide bonds. The molecule has 0 saturated carbocycles. The van der Waals surface area contributed by atoms with Gasteiger partial charge in [-0.25, -0.2) is 8.42 Å². The van der Waals surface area contributed by atoms with E-state index in [2.05, 4.69) is 15.9 Å². The van der Waals surface area contributed by atoms with Crippen LogP contribution in [-0.2, 0) is 10.0 Å². The van der Waals surface area contributed by atoms with Gasteiger partial charge < -0.3 is 0 Å². The van der Waals surface area contributed by atoms with Crippen LogP contribution in [0.5, 0.6) is 0 Å². The maximum absolute atomic E-state index is 11.2. The van der Waals surface area contributed by atoms with E-state index in [0.29, 0.717) is 9.50 Å². The molecule has 0 spiro atoms. The van der Waals surface area contributed by atoms with Crippen LogP contribution in [0.4, 0.5) is 0 Å². The highest BCUT2D eigenvalue weighted by atomic mass is 79.9. The second-order valence-corrected chi connectivity index (χ2v) is 5.29. The van der Waals surface area contributed by atoms with Crippen molar-refractivity contribution in [3.63, 3.8) is 0 Å². The molecule has 0 bridgehead atoms. The number of halogens is 2. The van der Waals surface area contributed by atoms with Crippen LogP contribution in [0.2, 0.25) is 5.02 Å². The standard InChI is InChI=1S/C6H6BrClN2O2S/c7-4-1-5(8)3-6(2-4)13(11,12)10-9/h1-3,10H,9H2. The molecule has 0 saturated heterocycles. The summed E-state index contributed by atoms with van der Waals surface area (Å²) in [4.78, 5) is 1.73. The topological polar surface area (TPSA) is 72.2 Å². The molecule has 0 aliphatic rings. The number of nitrogens with two attached hydrogens (primary N) is 1. The first-order chi connectivity index (χ1) is 5.95. The molecule has 72 valence electrons. The number of sulfonamides is 1. The van der Waals surface area contributed by atoms with Crippen LogP contribution in [0.25, 0.3) is 0 Å². The number of nitrogens with one attached hydrogen (secondary N) is 1. The normalized spacial score (nSPS) is 11.6. The van der Waals surface area contributed by atoms with Gasteiger partial charge in [0.05, 0.1) is 4.90 Å². The van der Waals surface area contributed by atoms with Gasteiger partial charge in [0.1, 0.15) is 0 Å². The molecule has 0 unspecified atom stereocenters. The summed E-state index contributed by atoms with van der Waals surface area (Å²) in [6.45, 7) is 0. The Morgan fingerprint density at radius 2 is 2.00 bits per heavy atom. The van der Waals surface area contributed by atoms with Crippen LogP contribution < -0.4 is 10.7 Å². The Labute approximate surface area is 89.2 Å². The number of rotatable bonds is 2. The maximum atomic E-state index is 11.2. The smallest absolute Gasteiger partial charge is 0.253 e. The lowest BCUT2D eigenvalue weighted by Crippen LogP contribution is -2.30. The van der Waals surface area contributed by atoms with E-state index in [1.54, 1.807) is 10.9 Å². The molecule has 7 heteroatoms. The maximum Gasteiger partial charge on any atom is 0.253 e. The Hall–Kier alpha value is -0.140. The van der Waals surface area contributed by atoms with Crippen molar-refractivity contribution < 1.29 is 8.42 Å². The molecule has 13 heavy (non-hydrogen) atoms. The van der Waals surface area contributed by atoms with Gasteiger partial charge in [-0.3, -0.25) is 5.84 Å². The van der Waals surface area contributed by atoms with Crippen LogP contribution in [0.3, 0.4) is 0 Å². The van der Waals surface area contributed by atoms with Gasteiger partial charge in [0.25, 0.3) is 10.0 Å². The van der Waals surface area contributed by atoms with Crippen molar-refractivity contribution in [2.24, 2.45) is 5.84 Å². The van der Waals surface area contributed by atoms with Gasteiger partial charge in [0, 0.05) is 9.50 Å². The van der Waals surface area contributed by atoms with Gasteiger partial charge in [-0.15, -0.1) is 0 Å². The molecule has 0 aliphatic heterocycles. The average Bonchev–Trinajstić information content (AvgIpc) is 2.02.